The van der Waals surface area contributed by atoms with Crippen molar-refractivity contribution in [3.05, 3.63) is 0 Å². The Hall–Kier alpha value is -0.0905. The van der Waals surface area contributed by atoms with E-state index in [9.17, 15) is 4.79 Å². The minimum atomic E-state index is -0.933. The van der Waals surface area contributed by atoms with E-state index in [1.54, 1.807) is 0 Å². The van der Waals surface area contributed by atoms with Crippen molar-refractivity contribution < 1.29 is 27.0 Å². The Kier molecular flexibility index (Phi) is 9.83. The molecule has 0 fully saturated rings. The average Bonchev–Trinajstić information content (AvgIpc) is 1.88. The van der Waals surface area contributed by atoms with Crippen LogP contribution in [-0.2, 0) is 21.9 Å². The van der Waals surface area contributed by atoms with E-state index >= 15 is 0 Å². The fraction of sp³-hybridized carbons (Fsp3) is 0.833. The molecule has 0 amide bonds. The van der Waals surface area contributed by atoms with Gasteiger partial charge in [0.25, 0.3) is 0 Å². The maximum atomic E-state index is 10.1. The number of hydrogen-bond donors (Lipinski definition) is 3. The van der Waals surface area contributed by atoms with Crippen LogP contribution in [-0.4, -0.2) is 23.7 Å². The second-order valence-electron chi connectivity index (χ2n) is 2.23. The SMILES string of the molecule is NCCCC[C@H](N)C(=O)O.[Mn]. The fourth-order valence-corrected chi connectivity index (χ4v) is 0.632. The second-order valence-corrected chi connectivity index (χ2v) is 2.23. The van der Waals surface area contributed by atoms with Gasteiger partial charge in [-0.05, 0) is 19.4 Å². The Morgan fingerprint density at radius 3 is 2.36 bits per heavy atom. The number of carboxylic acids is 1. The van der Waals surface area contributed by atoms with Crippen molar-refractivity contribution in [2.24, 2.45) is 11.5 Å². The smallest absolute Gasteiger partial charge is 0.320 e. The Morgan fingerprint density at radius 1 is 1.45 bits per heavy atom. The molecule has 4 nitrogen and oxygen atoms in total. The number of unbranched alkanes of at least 4 members (excludes halogenated alkanes) is 1. The van der Waals surface area contributed by atoms with Crippen molar-refractivity contribution in [1.82, 2.24) is 0 Å². The maximum absolute atomic E-state index is 10.1. The van der Waals surface area contributed by atoms with Crippen LogP contribution >= 0.6 is 0 Å². The molecule has 0 bridgehead atoms. The molecule has 5 N–H and O–H groups in total. The van der Waals surface area contributed by atoms with Gasteiger partial charge in [0, 0.05) is 17.1 Å². The predicted molar refractivity (Wildman–Crippen MR) is 38.5 cm³/mol. The molecule has 0 aliphatic rings. The number of rotatable bonds is 5. The van der Waals surface area contributed by atoms with Crippen LogP contribution in [0.15, 0.2) is 0 Å². The first kappa shape index (κ1) is 13.5. The van der Waals surface area contributed by atoms with Crippen molar-refractivity contribution in [3.8, 4) is 0 Å². The number of nitrogens with two attached hydrogens (primary N) is 2. The van der Waals surface area contributed by atoms with Crippen LogP contribution in [0.3, 0.4) is 0 Å². The van der Waals surface area contributed by atoms with E-state index in [0.29, 0.717) is 13.0 Å². The summed E-state index contributed by atoms with van der Waals surface area (Å²) in [5, 5.41) is 8.33. The van der Waals surface area contributed by atoms with Crippen LogP contribution in [0.25, 0.3) is 0 Å². The zero-order chi connectivity index (χ0) is 7.98. The minimum Gasteiger partial charge on any atom is -0.480 e. The third-order valence-corrected chi connectivity index (χ3v) is 1.29. The second kappa shape index (κ2) is 8.01. The van der Waals surface area contributed by atoms with E-state index in [1.807, 2.05) is 0 Å². The Balaban J connectivity index is 0. The maximum Gasteiger partial charge on any atom is 0.320 e. The van der Waals surface area contributed by atoms with Crippen molar-refractivity contribution in [3.63, 3.8) is 0 Å². The Bertz CT molecular complexity index is 111. The standard InChI is InChI=1S/C6H14N2O2.Mn/c7-4-2-1-3-5(8)6(9)10;/h5H,1-4,7-8H2,(H,9,10);/t5-;/m0./s1. The van der Waals surface area contributed by atoms with Gasteiger partial charge in [0.15, 0.2) is 0 Å². The molecule has 0 spiro atoms. The Labute approximate surface area is 76.8 Å². The van der Waals surface area contributed by atoms with Crippen molar-refractivity contribution >= 4 is 5.97 Å². The van der Waals surface area contributed by atoms with Gasteiger partial charge in [-0.1, -0.05) is 6.42 Å². The van der Waals surface area contributed by atoms with Gasteiger partial charge in [0.2, 0.25) is 0 Å². The zero-order valence-electron chi connectivity index (χ0n) is 6.29. The van der Waals surface area contributed by atoms with Gasteiger partial charge in [0.05, 0.1) is 0 Å². The largest absolute Gasteiger partial charge is 0.480 e. The molecular weight excluding hydrogens is 187 g/mol. The van der Waals surface area contributed by atoms with E-state index < -0.39 is 12.0 Å². The molecule has 0 aromatic carbocycles. The van der Waals surface area contributed by atoms with E-state index in [1.165, 1.54) is 0 Å². The van der Waals surface area contributed by atoms with Crippen LogP contribution in [0.1, 0.15) is 19.3 Å². The monoisotopic (exact) mass is 201 g/mol. The molecule has 0 aromatic rings. The molecule has 0 unspecified atom stereocenters. The van der Waals surface area contributed by atoms with E-state index in [4.69, 9.17) is 16.6 Å². The zero-order valence-corrected chi connectivity index (χ0v) is 7.47. The molecule has 0 rings (SSSR count). The molecule has 0 aliphatic heterocycles. The summed E-state index contributed by atoms with van der Waals surface area (Å²) in [5.41, 5.74) is 10.4. The average molecular weight is 201 g/mol. The number of aliphatic carboxylic acids is 1. The summed E-state index contributed by atoms with van der Waals surface area (Å²) in [7, 11) is 0. The summed E-state index contributed by atoms with van der Waals surface area (Å²) in [6.45, 7) is 0.604. The minimum absolute atomic E-state index is 0. The van der Waals surface area contributed by atoms with Gasteiger partial charge in [0.1, 0.15) is 6.04 Å². The molecular formula is C6H14MnN2O2. The topological polar surface area (TPSA) is 89.3 Å². The molecule has 0 saturated carbocycles. The molecule has 67 valence electrons. The quantitative estimate of drug-likeness (QED) is 0.414. The molecule has 1 atom stereocenters. The normalized spacial score (nSPS) is 11.8. The van der Waals surface area contributed by atoms with E-state index in [-0.39, 0.29) is 17.1 Å². The number of hydrogen-bond acceptors (Lipinski definition) is 3. The molecule has 0 aromatic heterocycles. The van der Waals surface area contributed by atoms with Gasteiger partial charge >= 0.3 is 5.97 Å². The van der Waals surface area contributed by atoms with Gasteiger partial charge < -0.3 is 16.6 Å². The molecule has 0 heterocycles. The summed E-state index contributed by atoms with van der Waals surface area (Å²) < 4.78 is 0. The van der Waals surface area contributed by atoms with Gasteiger partial charge in [-0.15, -0.1) is 0 Å². The predicted octanol–water partition coefficient (Wildman–Crippen LogP) is -0.475. The van der Waals surface area contributed by atoms with Crippen molar-refractivity contribution in [2.45, 2.75) is 25.3 Å². The molecule has 11 heavy (non-hydrogen) atoms. The fourth-order valence-electron chi connectivity index (χ4n) is 0.632. The number of carboxylic acid groups (broad SMARTS) is 1. The van der Waals surface area contributed by atoms with Crippen molar-refractivity contribution in [2.75, 3.05) is 6.54 Å². The Morgan fingerprint density at radius 2 is 2.00 bits per heavy atom. The molecule has 1 radical (unpaired) electrons. The third kappa shape index (κ3) is 7.81. The van der Waals surface area contributed by atoms with E-state index in [0.717, 1.165) is 12.8 Å². The van der Waals surface area contributed by atoms with E-state index in [2.05, 4.69) is 0 Å². The summed E-state index contributed by atoms with van der Waals surface area (Å²) in [6.07, 6.45) is 2.16. The molecule has 0 aliphatic carbocycles. The van der Waals surface area contributed by atoms with Crippen LogP contribution in [0.5, 0.6) is 0 Å². The van der Waals surface area contributed by atoms with Gasteiger partial charge in [-0.25, -0.2) is 0 Å². The van der Waals surface area contributed by atoms with Gasteiger partial charge in [-0.3, -0.25) is 4.79 Å². The summed E-state index contributed by atoms with van der Waals surface area (Å²) >= 11 is 0. The van der Waals surface area contributed by atoms with Crippen LogP contribution in [0, 0.1) is 0 Å². The first-order chi connectivity index (χ1) is 4.68. The summed E-state index contributed by atoms with van der Waals surface area (Å²) in [5.74, 6) is -0.933. The van der Waals surface area contributed by atoms with Crippen molar-refractivity contribution in [1.29, 1.82) is 0 Å². The summed E-state index contributed by atoms with van der Waals surface area (Å²) in [6, 6.07) is -0.716. The van der Waals surface area contributed by atoms with Crippen LogP contribution in [0.4, 0.5) is 0 Å². The molecule has 5 heteroatoms. The third-order valence-electron chi connectivity index (χ3n) is 1.29. The number of carbonyl (C=O) groups is 1. The van der Waals surface area contributed by atoms with Crippen LogP contribution < -0.4 is 11.5 Å². The first-order valence-electron chi connectivity index (χ1n) is 3.37. The van der Waals surface area contributed by atoms with Gasteiger partial charge in [-0.2, -0.15) is 0 Å². The first-order valence-corrected chi connectivity index (χ1v) is 3.37. The summed E-state index contributed by atoms with van der Waals surface area (Å²) in [4.78, 5) is 10.1. The molecule has 0 saturated heterocycles. The van der Waals surface area contributed by atoms with Crippen LogP contribution in [0.2, 0.25) is 0 Å².